The number of halogens is 2. The third kappa shape index (κ3) is 6.19. The number of ether oxygens (including phenoxy) is 1. The number of hydrogen-bond donors (Lipinski definition) is 1. The maximum absolute atomic E-state index is 14.7. The number of fused-ring (bicyclic) bond motifs is 1. The van der Waals surface area contributed by atoms with Crippen molar-refractivity contribution in [1.29, 1.82) is 0 Å². The van der Waals surface area contributed by atoms with Crippen LogP contribution in [0.25, 0.3) is 0 Å². The van der Waals surface area contributed by atoms with Crippen LogP contribution in [-0.4, -0.2) is 60.5 Å². The first-order valence-electron chi connectivity index (χ1n) is 9.54. The lowest BCUT2D eigenvalue weighted by molar-refractivity contribution is -0.117. The number of nitrogens with zero attached hydrogens (tertiary/aromatic N) is 2. The lowest BCUT2D eigenvalue weighted by atomic mass is 10.2. The van der Waals surface area contributed by atoms with Crippen LogP contribution >= 0.6 is 27.7 Å². The Morgan fingerprint density at radius 2 is 2.06 bits per heavy atom. The molecular formula is C19H23BrFN3O5S2. The van der Waals surface area contributed by atoms with Crippen LogP contribution in [0.5, 0.6) is 0 Å². The largest absolute Gasteiger partial charge is 0.444 e. The first kappa shape index (κ1) is 24.0. The number of thioether (sulfide) groups is 1. The number of carbonyl (C=O) groups excluding carboxylic acids is 2. The van der Waals surface area contributed by atoms with Gasteiger partial charge in [0, 0.05) is 22.7 Å². The summed E-state index contributed by atoms with van der Waals surface area (Å²) in [6, 6.07) is 3.94. The maximum atomic E-state index is 14.7. The summed E-state index contributed by atoms with van der Waals surface area (Å²) in [7, 11) is -3.25. The van der Waals surface area contributed by atoms with E-state index in [0.717, 1.165) is 11.8 Å². The summed E-state index contributed by atoms with van der Waals surface area (Å²) >= 11 is 4.37. The second-order valence-electron chi connectivity index (χ2n) is 8.23. The van der Waals surface area contributed by atoms with E-state index in [4.69, 9.17) is 4.74 Å². The van der Waals surface area contributed by atoms with Crippen LogP contribution in [-0.2, 0) is 19.4 Å². The molecule has 2 fully saturated rings. The molecule has 2 aliphatic rings. The molecular weight excluding hydrogens is 513 g/mol. The van der Waals surface area contributed by atoms with E-state index in [0.29, 0.717) is 4.47 Å². The van der Waals surface area contributed by atoms with Crippen molar-refractivity contribution in [3.05, 3.63) is 28.5 Å². The van der Waals surface area contributed by atoms with Crippen molar-refractivity contribution in [2.75, 3.05) is 23.0 Å². The molecule has 2 heterocycles. The SMILES string of the molecule is CC(C)(C)OC(=O)NCCC(=O)N=C1SC2CS(=O)(=O)CC2N1c1ccc(Br)cc1F. The molecule has 1 aromatic rings. The molecule has 0 aromatic heterocycles. The number of hydrogen-bond acceptors (Lipinski definition) is 6. The Morgan fingerprint density at radius 3 is 2.71 bits per heavy atom. The molecule has 0 radical (unpaired) electrons. The van der Waals surface area contributed by atoms with Gasteiger partial charge in [-0.05, 0) is 39.0 Å². The molecule has 2 unspecified atom stereocenters. The number of benzene rings is 1. The van der Waals surface area contributed by atoms with Gasteiger partial charge in [0.2, 0.25) is 5.91 Å². The highest BCUT2D eigenvalue weighted by Crippen LogP contribution is 2.42. The van der Waals surface area contributed by atoms with Gasteiger partial charge < -0.3 is 15.0 Å². The second-order valence-corrected chi connectivity index (χ2v) is 12.5. The molecule has 8 nitrogen and oxygen atoms in total. The zero-order valence-electron chi connectivity index (χ0n) is 17.2. The standard InChI is InChI=1S/C19H23BrFN3O5S2/c1-19(2,3)29-18(26)22-7-6-16(25)23-17-24(13-5-4-11(20)8-12(13)21)14-9-31(27,28)10-15(14)30-17/h4-5,8,14-15H,6-7,9-10H2,1-3H3,(H,22,26). The highest BCUT2D eigenvalue weighted by atomic mass is 79.9. The third-order valence-corrected chi connectivity index (χ3v) is 8.17. The Hall–Kier alpha value is -1.66. The number of nitrogens with one attached hydrogen (secondary N) is 1. The van der Waals surface area contributed by atoms with Gasteiger partial charge in [-0.25, -0.2) is 17.6 Å². The van der Waals surface area contributed by atoms with Gasteiger partial charge in [-0.1, -0.05) is 27.7 Å². The van der Waals surface area contributed by atoms with Crippen LogP contribution in [0, 0.1) is 5.82 Å². The average Bonchev–Trinajstić information content (AvgIpc) is 3.04. The summed E-state index contributed by atoms with van der Waals surface area (Å²) in [6.45, 7) is 5.22. The number of alkyl carbamates (subject to hydrolysis) is 1. The second kappa shape index (κ2) is 9.07. The first-order valence-corrected chi connectivity index (χ1v) is 13.0. The summed E-state index contributed by atoms with van der Waals surface area (Å²) in [4.78, 5) is 29.7. The molecule has 170 valence electrons. The molecule has 2 aliphatic heterocycles. The van der Waals surface area contributed by atoms with Crippen molar-refractivity contribution in [2.45, 2.75) is 44.1 Å². The summed E-state index contributed by atoms with van der Waals surface area (Å²) in [5.41, 5.74) is -0.485. The monoisotopic (exact) mass is 535 g/mol. The van der Waals surface area contributed by atoms with Gasteiger partial charge in [-0.2, -0.15) is 4.99 Å². The predicted molar refractivity (Wildman–Crippen MR) is 122 cm³/mol. The molecule has 12 heteroatoms. The molecule has 2 saturated heterocycles. The number of rotatable bonds is 4. The topological polar surface area (TPSA) is 105 Å². The van der Waals surface area contributed by atoms with Gasteiger partial charge >= 0.3 is 6.09 Å². The summed E-state index contributed by atoms with van der Waals surface area (Å²) < 4.78 is 44.5. The maximum Gasteiger partial charge on any atom is 0.407 e. The fraction of sp³-hybridized carbons (Fsp3) is 0.526. The number of aliphatic imine (C=N–C) groups is 1. The fourth-order valence-corrected chi connectivity index (χ4v) is 7.53. The van der Waals surface area contributed by atoms with Crippen LogP contribution in [0.3, 0.4) is 0 Å². The van der Waals surface area contributed by atoms with Crippen LogP contribution in [0.1, 0.15) is 27.2 Å². The Balaban J connectivity index is 1.75. The van der Waals surface area contributed by atoms with Gasteiger partial charge in [-0.15, -0.1) is 0 Å². The number of amides is 2. The average molecular weight is 536 g/mol. The molecule has 1 N–H and O–H groups in total. The normalized spacial score (nSPS) is 23.6. The van der Waals surface area contributed by atoms with Gasteiger partial charge in [0.1, 0.15) is 11.4 Å². The Morgan fingerprint density at radius 1 is 1.35 bits per heavy atom. The van der Waals surface area contributed by atoms with Crippen LogP contribution in [0.4, 0.5) is 14.9 Å². The molecule has 2 atom stereocenters. The zero-order chi connectivity index (χ0) is 23.0. The molecule has 3 rings (SSSR count). The number of anilines is 1. The number of carbonyl (C=O) groups is 2. The van der Waals surface area contributed by atoms with E-state index in [1.54, 1.807) is 26.8 Å². The minimum absolute atomic E-state index is 0.0308. The predicted octanol–water partition coefficient (Wildman–Crippen LogP) is 3.10. The van der Waals surface area contributed by atoms with Gasteiger partial charge in [0.05, 0.1) is 23.2 Å². The highest BCUT2D eigenvalue weighted by Gasteiger charge is 2.50. The molecule has 0 saturated carbocycles. The van der Waals surface area contributed by atoms with E-state index in [1.165, 1.54) is 17.0 Å². The van der Waals surface area contributed by atoms with Crippen LogP contribution in [0.2, 0.25) is 0 Å². The molecule has 0 bridgehead atoms. The Kier molecular flexibility index (Phi) is 7.02. The molecule has 0 aliphatic carbocycles. The summed E-state index contributed by atoms with van der Waals surface area (Å²) in [5.74, 6) is -1.24. The minimum atomic E-state index is -3.25. The third-order valence-electron chi connectivity index (χ3n) is 4.46. The van der Waals surface area contributed by atoms with Crippen LogP contribution in [0.15, 0.2) is 27.7 Å². The van der Waals surface area contributed by atoms with E-state index < -0.39 is 39.3 Å². The van der Waals surface area contributed by atoms with Crippen molar-refractivity contribution in [3.63, 3.8) is 0 Å². The molecule has 0 spiro atoms. The highest BCUT2D eigenvalue weighted by molar-refractivity contribution is 9.10. The minimum Gasteiger partial charge on any atom is -0.444 e. The van der Waals surface area contributed by atoms with Crippen LogP contribution < -0.4 is 10.2 Å². The number of amidine groups is 1. The van der Waals surface area contributed by atoms with E-state index >= 15 is 0 Å². The van der Waals surface area contributed by atoms with Crippen molar-refractivity contribution in [2.24, 2.45) is 4.99 Å². The van der Waals surface area contributed by atoms with Crippen molar-refractivity contribution >= 4 is 60.4 Å². The lowest BCUT2D eigenvalue weighted by Gasteiger charge is -2.25. The zero-order valence-corrected chi connectivity index (χ0v) is 20.4. The number of sulfone groups is 1. The van der Waals surface area contributed by atoms with Gasteiger partial charge in [-0.3, -0.25) is 4.79 Å². The summed E-state index contributed by atoms with van der Waals surface area (Å²) in [6.07, 6.45) is -0.713. The first-order chi connectivity index (χ1) is 14.3. The van der Waals surface area contributed by atoms with Crippen molar-refractivity contribution < 1.29 is 27.1 Å². The smallest absolute Gasteiger partial charge is 0.407 e. The fourth-order valence-electron chi connectivity index (χ4n) is 3.27. The Labute approximate surface area is 193 Å². The molecule has 1 aromatic carbocycles. The Bertz CT molecular complexity index is 1030. The lowest BCUT2D eigenvalue weighted by Crippen LogP contribution is -2.38. The molecule has 2 amide bonds. The van der Waals surface area contributed by atoms with Crippen molar-refractivity contribution in [1.82, 2.24) is 5.32 Å². The quantitative estimate of drug-likeness (QED) is 0.631. The van der Waals surface area contributed by atoms with E-state index in [1.807, 2.05) is 0 Å². The van der Waals surface area contributed by atoms with E-state index in [2.05, 4.69) is 26.2 Å². The van der Waals surface area contributed by atoms with E-state index in [-0.39, 0.29) is 40.6 Å². The van der Waals surface area contributed by atoms with E-state index in [9.17, 15) is 22.4 Å². The molecule has 31 heavy (non-hydrogen) atoms. The summed E-state index contributed by atoms with van der Waals surface area (Å²) in [5, 5.41) is 2.41. The van der Waals surface area contributed by atoms with Gasteiger partial charge in [0.15, 0.2) is 15.0 Å². The van der Waals surface area contributed by atoms with Gasteiger partial charge in [0.25, 0.3) is 0 Å². The van der Waals surface area contributed by atoms with Crippen molar-refractivity contribution in [3.8, 4) is 0 Å².